The summed E-state index contributed by atoms with van der Waals surface area (Å²) in [5.74, 6) is 0.351. The van der Waals surface area contributed by atoms with Crippen LogP contribution in [0.3, 0.4) is 0 Å². The Morgan fingerprint density at radius 2 is 1.92 bits per heavy atom. The number of piperidine rings is 1. The second kappa shape index (κ2) is 10.4. The summed E-state index contributed by atoms with van der Waals surface area (Å²) in [7, 11) is 1.65. The van der Waals surface area contributed by atoms with Crippen molar-refractivity contribution in [1.82, 2.24) is 10.2 Å². The van der Waals surface area contributed by atoms with Crippen LogP contribution in [0.15, 0.2) is 24.3 Å². The van der Waals surface area contributed by atoms with E-state index in [0.717, 1.165) is 37.9 Å². The molecule has 0 aromatic heterocycles. The third-order valence-corrected chi connectivity index (χ3v) is 4.86. The molecular weight excluding hydrogens is 342 g/mol. The molecule has 146 valence electrons. The first kappa shape index (κ1) is 20.6. The number of rotatable bonds is 9. The Hall–Kier alpha value is -1.73. The molecule has 0 radical (unpaired) electrons. The predicted molar refractivity (Wildman–Crippen MR) is 95.3 cm³/mol. The molecule has 1 aromatic carbocycles. The summed E-state index contributed by atoms with van der Waals surface area (Å²) in [5, 5.41) is 2.97. The first-order valence-electron chi connectivity index (χ1n) is 9.06. The van der Waals surface area contributed by atoms with Crippen molar-refractivity contribution in [3.05, 3.63) is 29.8 Å². The van der Waals surface area contributed by atoms with Gasteiger partial charge < -0.3 is 14.8 Å². The van der Waals surface area contributed by atoms with Gasteiger partial charge in [-0.25, -0.2) is 0 Å². The lowest BCUT2D eigenvalue weighted by Gasteiger charge is -2.35. The second-order valence-electron chi connectivity index (χ2n) is 6.57. The Morgan fingerprint density at radius 1 is 1.27 bits per heavy atom. The monoisotopic (exact) mass is 370 g/mol. The zero-order chi connectivity index (χ0) is 18.9. The minimum absolute atomic E-state index is 0.0582. The standard InChI is InChI=1S/C19H28F2N2O3/c1-14(15-4-6-17(7-5-15)26-19(20)21)23-11-8-16(9-12-23)18(24)22-10-3-13-25-2/h4-7,14,16,19H,3,8-13H2,1-2H3,(H,22,24)/t14-/m0/s1. The minimum Gasteiger partial charge on any atom is -0.435 e. The first-order chi connectivity index (χ1) is 12.5. The zero-order valence-corrected chi connectivity index (χ0v) is 15.4. The van der Waals surface area contributed by atoms with Crippen LogP contribution in [0, 0.1) is 5.92 Å². The van der Waals surface area contributed by atoms with Gasteiger partial charge in [0.1, 0.15) is 5.75 Å². The summed E-state index contributed by atoms with van der Waals surface area (Å²) >= 11 is 0. The summed E-state index contributed by atoms with van der Waals surface area (Å²) in [6.45, 7) is 2.26. The molecule has 5 nitrogen and oxygen atoms in total. The lowest BCUT2D eigenvalue weighted by molar-refractivity contribution is -0.126. The van der Waals surface area contributed by atoms with Crippen molar-refractivity contribution in [2.75, 3.05) is 33.4 Å². The lowest BCUT2D eigenvalue weighted by atomic mass is 9.94. The van der Waals surface area contributed by atoms with Gasteiger partial charge in [0, 0.05) is 32.2 Å². The second-order valence-corrected chi connectivity index (χ2v) is 6.57. The minimum atomic E-state index is -2.81. The van der Waals surface area contributed by atoms with E-state index in [1.54, 1.807) is 19.2 Å². The highest BCUT2D eigenvalue weighted by Gasteiger charge is 2.27. The van der Waals surface area contributed by atoms with E-state index in [-0.39, 0.29) is 23.6 Å². The van der Waals surface area contributed by atoms with E-state index in [2.05, 4.69) is 21.9 Å². The van der Waals surface area contributed by atoms with Gasteiger partial charge in [0.2, 0.25) is 5.91 Å². The molecule has 1 aromatic rings. The van der Waals surface area contributed by atoms with E-state index in [1.165, 1.54) is 0 Å². The van der Waals surface area contributed by atoms with Crippen molar-refractivity contribution in [3.8, 4) is 5.75 Å². The molecule has 1 heterocycles. The Bertz CT molecular complexity index is 546. The number of alkyl halides is 2. The molecule has 0 aliphatic carbocycles. The van der Waals surface area contributed by atoms with Crippen LogP contribution in [0.2, 0.25) is 0 Å². The van der Waals surface area contributed by atoms with Gasteiger partial charge in [0.15, 0.2) is 0 Å². The largest absolute Gasteiger partial charge is 0.435 e. The topological polar surface area (TPSA) is 50.8 Å². The molecule has 1 aliphatic rings. The Kier molecular flexibility index (Phi) is 8.25. The molecule has 2 rings (SSSR count). The summed E-state index contributed by atoms with van der Waals surface area (Å²) in [4.78, 5) is 14.5. The molecule has 1 atom stereocenters. The van der Waals surface area contributed by atoms with Crippen LogP contribution < -0.4 is 10.1 Å². The third kappa shape index (κ3) is 6.21. The fourth-order valence-electron chi connectivity index (χ4n) is 3.26. The predicted octanol–water partition coefficient (Wildman–Crippen LogP) is 3.21. The van der Waals surface area contributed by atoms with Crippen molar-refractivity contribution in [2.45, 2.75) is 38.8 Å². The van der Waals surface area contributed by atoms with Crippen molar-refractivity contribution in [1.29, 1.82) is 0 Å². The number of carbonyl (C=O) groups is 1. The number of hydrogen-bond acceptors (Lipinski definition) is 4. The van der Waals surface area contributed by atoms with Gasteiger partial charge in [-0.05, 0) is 57.0 Å². The Labute approximate surface area is 153 Å². The van der Waals surface area contributed by atoms with E-state index >= 15 is 0 Å². The molecule has 0 unspecified atom stereocenters. The third-order valence-electron chi connectivity index (χ3n) is 4.86. The molecule has 0 spiro atoms. The number of methoxy groups -OCH3 is 1. The van der Waals surface area contributed by atoms with E-state index in [9.17, 15) is 13.6 Å². The number of amides is 1. The molecule has 7 heteroatoms. The summed E-state index contributed by atoms with van der Waals surface area (Å²) in [6, 6.07) is 6.94. The van der Waals surface area contributed by atoms with Crippen molar-refractivity contribution in [2.24, 2.45) is 5.92 Å². The van der Waals surface area contributed by atoms with Crippen LogP contribution in [-0.2, 0) is 9.53 Å². The van der Waals surface area contributed by atoms with Gasteiger partial charge in [-0.1, -0.05) is 12.1 Å². The summed E-state index contributed by atoms with van der Waals surface area (Å²) in [5.41, 5.74) is 1.05. The van der Waals surface area contributed by atoms with Crippen LogP contribution in [-0.4, -0.2) is 50.8 Å². The van der Waals surface area contributed by atoms with Gasteiger partial charge in [-0.15, -0.1) is 0 Å². The van der Waals surface area contributed by atoms with E-state index in [1.807, 2.05) is 12.1 Å². The molecule has 1 N–H and O–H groups in total. The van der Waals surface area contributed by atoms with Gasteiger partial charge in [0.25, 0.3) is 0 Å². The van der Waals surface area contributed by atoms with E-state index < -0.39 is 6.61 Å². The van der Waals surface area contributed by atoms with Gasteiger partial charge in [-0.3, -0.25) is 9.69 Å². The highest BCUT2D eigenvalue weighted by molar-refractivity contribution is 5.78. The van der Waals surface area contributed by atoms with Gasteiger partial charge in [0.05, 0.1) is 0 Å². The summed E-state index contributed by atoms with van der Waals surface area (Å²) in [6.07, 6.45) is 2.48. The fourth-order valence-corrected chi connectivity index (χ4v) is 3.26. The van der Waals surface area contributed by atoms with Crippen LogP contribution >= 0.6 is 0 Å². The molecule has 0 bridgehead atoms. The SMILES string of the molecule is COCCCNC(=O)C1CCN([C@@H](C)c2ccc(OC(F)F)cc2)CC1. The maximum absolute atomic E-state index is 12.2. The van der Waals surface area contributed by atoms with Crippen LogP contribution in [0.4, 0.5) is 8.78 Å². The van der Waals surface area contributed by atoms with Crippen LogP contribution in [0.25, 0.3) is 0 Å². The molecule has 1 amide bonds. The number of likely N-dealkylation sites (tertiary alicyclic amines) is 1. The number of hydrogen-bond donors (Lipinski definition) is 1. The van der Waals surface area contributed by atoms with Crippen molar-refractivity contribution in [3.63, 3.8) is 0 Å². The Balaban J connectivity index is 1.78. The number of benzene rings is 1. The normalized spacial score (nSPS) is 17.3. The summed E-state index contributed by atoms with van der Waals surface area (Å²) < 4.78 is 33.8. The number of nitrogens with one attached hydrogen (secondary N) is 1. The Morgan fingerprint density at radius 3 is 2.50 bits per heavy atom. The van der Waals surface area contributed by atoms with E-state index in [0.29, 0.717) is 13.2 Å². The van der Waals surface area contributed by atoms with Crippen molar-refractivity contribution >= 4 is 5.91 Å². The highest BCUT2D eigenvalue weighted by Crippen LogP contribution is 2.28. The number of carbonyl (C=O) groups excluding carboxylic acids is 1. The maximum atomic E-state index is 12.2. The van der Waals surface area contributed by atoms with Gasteiger partial charge >= 0.3 is 6.61 Å². The number of nitrogens with zero attached hydrogens (tertiary/aromatic N) is 1. The number of halogens is 2. The van der Waals surface area contributed by atoms with Crippen molar-refractivity contribution < 1.29 is 23.0 Å². The quantitative estimate of drug-likeness (QED) is 0.678. The van der Waals surface area contributed by atoms with Gasteiger partial charge in [-0.2, -0.15) is 8.78 Å². The molecule has 1 fully saturated rings. The molecule has 26 heavy (non-hydrogen) atoms. The number of ether oxygens (including phenoxy) is 2. The average molecular weight is 370 g/mol. The smallest absolute Gasteiger partial charge is 0.387 e. The molecule has 1 aliphatic heterocycles. The van der Waals surface area contributed by atoms with Crippen LogP contribution in [0.1, 0.15) is 37.8 Å². The molecular formula is C19H28F2N2O3. The molecule has 1 saturated heterocycles. The first-order valence-corrected chi connectivity index (χ1v) is 9.06. The lowest BCUT2D eigenvalue weighted by Crippen LogP contribution is -2.41. The highest BCUT2D eigenvalue weighted by atomic mass is 19.3. The zero-order valence-electron chi connectivity index (χ0n) is 15.4. The van der Waals surface area contributed by atoms with E-state index in [4.69, 9.17) is 4.74 Å². The maximum Gasteiger partial charge on any atom is 0.387 e. The van der Waals surface area contributed by atoms with Crippen LogP contribution in [0.5, 0.6) is 5.75 Å². The fraction of sp³-hybridized carbons (Fsp3) is 0.632. The molecule has 0 saturated carbocycles. The average Bonchev–Trinajstić information content (AvgIpc) is 2.65.